The lowest BCUT2D eigenvalue weighted by Gasteiger charge is -2.26. The van der Waals surface area contributed by atoms with Crippen LogP contribution in [-0.4, -0.2) is 24.4 Å². The Kier molecular flexibility index (Phi) is 6.55. The molecule has 0 fully saturated rings. The lowest BCUT2D eigenvalue weighted by Crippen LogP contribution is -2.31. The Morgan fingerprint density at radius 2 is 2.00 bits per heavy atom. The van der Waals surface area contributed by atoms with E-state index in [9.17, 15) is 13.9 Å². The number of aliphatic hydroxyl groups is 1. The van der Waals surface area contributed by atoms with Crippen LogP contribution in [0.4, 0.5) is 8.78 Å². The molecule has 0 saturated carbocycles. The third-order valence-electron chi connectivity index (χ3n) is 3.27. The average molecular weight is 301 g/mol. The van der Waals surface area contributed by atoms with Gasteiger partial charge in [-0.15, -0.1) is 0 Å². The summed E-state index contributed by atoms with van der Waals surface area (Å²) in [6.45, 7) is 5.93. The van der Waals surface area contributed by atoms with Crippen LogP contribution < -0.4 is 10.1 Å². The quantitative estimate of drug-likeness (QED) is 0.772. The van der Waals surface area contributed by atoms with E-state index in [1.807, 2.05) is 6.07 Å². The van der Waals surface area contributed by atoms with E-state index in [4.69, 9.17) is 0 Å². The minimum Gasteiger partial charge on any atom is -0.434 e. The van der Waals surface area contributed by atoms with Crippen LogP contribution in [0.2, 0.25) is 0 Å². The van der Waals surface area contributed by atoms with Gasteiger partial charge in [-0.1, -0.05) is 32.0 Å². The third kappa shape index (κ3) is 6.40. The Morgan fingerprint density at radius 3 is 2.57 bits per heavy atom. The summed E-state index contributed by atoms with van der Waals surface area (Å²) >= 11 is 0. The summed E-state index contributed by atoms with van der Waals surface area (Å²) in [5.41, 5.74) is 1.34. The van der Waals surface area contributed by atoms with E-state index < -0.39 is 6.61 Å². The molecule has 0 spiro atoms. The third-order valence-corrected chi connectivity index (χ3v) is 3.27. The molecule has 0 aromatic heterocycles. The van der Waals surface area contributed by atoms with E-state index in [-0.39, 0.29) is 17.3 Å². The maximum absolute atomic E-state index is 12.5. The van der Waals surface area contributed by atoms with Crippen LogP contribution in [0.5, 0.6) is 5.75 Å². The Morgan fingerprint density at radius 1 is 1.33 bits per heavy atom. The molecule has 0 amide bonds. The fraction of sp³-hybridized carbons (Fsp3) is 0.625. The molecule has 1 aromatic rings. The number of aryl methyl sites for hydroxylation is 1. The molecule has 1 unspecified atom stereocenters. The van der Waals surface area contributed by atoms with Crippen molar-refractivity contribution in [3.05, 3.63) is 29.3 Å². The molecule has 0 aliphatic rings. The number of para-hydroxylation sites is 1. The molecule has 0 aliphatic heterocycles. The van der Waals surface area contributed by atoms with E-state index in [2.05, 4.69) is 23.9 Å². The SMILES string of the molecule is Cc1cccc(CNCC(C)(C)CC(C)O)c1OC(F)F. The van der Waals surface area contributed by atoms with Crippen molar-refractivity contribution in [2.75, 3.05) is 6.54 Å². The van der Waals surface area contributed by atoms with Crippen LogP contribution in [0, 0.1) is 12.3 Å². The summed E-state index contributed by atoms with van der Waals surface area (Å²) in [6.07, 6.45) is 0.312. The summed E-state index contributed by atoms with van der Waals surface area (Å²) < 4.78 is 29.5. The number of ether oxygens (including phenoxy) is 1. The summed E-state index contributed by atoms with van der Waals surface area (Å²) in [6, 6.07) is 5.35. The monoisotopic (exact) mass is 301 g/mol. The highest BCUT2D eigenvalue weighted by atomic mass is 19.3. The second kappa shape index (κ2) is 7.71. The molecular weight excluding hydrogens is 276 g/mol. The molecule has 0 bridgehead atoms. The lowest BCUT2D eigenvalue weighted by atomic mass is 9.87. The summed E-state index contributed by atoms with van der Waals surface area (Å²) in [5, 5.41) is 12.7. The molecule has 1 rings (SSSR count). The standard InChI is InChI=1S/C16H25F2NO2/c1-11-6-5-7-13(14(11)21-15(17)18)9-19-10-16(3,4)8-12(2)20/h5-7,12,15,19-20H,8-10H2,1-4H3. The van der Waals surface area contributed by atoms with Crippen LogP contribution in [0.15, 0.2) is 18.2 Å². The van der Waals surface area contributed by atoms with Gasteiger partial charge in [0.05, 0.1) is 6.10 Å². The largest absolute Gasteiger partial charge is 0.434 e. The minimum absolute atomic E-state index is 0.0677. The van der Waals surface area contributed by atoms with Gasteiger partial charge in [0.1, 0.15) is 5.75 Å². The van der Waals surface area contributed by atoms with E-state index in [1.54, 1.807) is 26.0 Å². The number of halogens is 2. The fourth-order valence-electron chi connectivity index (χ4n) is 2.52. The van der Waals surface area contributed by atoms with Gasteiger partial charge in [0, 0.05) is 18.7 Å². The van der Waals surface area contributed by atoms with Gasteiger partial charge in [0.15, 0.2) is 0 Å². The number of benzene rings is 1. The molecular formula is C16H25F2NO2. The molecule has 21 heavy (non-hydrogen) atoms. The summed E-state index contributed by atoms with van der Waals surface area (Å²) in [5.74, 6) is 0.244. The number of rotatable bonds is 8. The first kappa shape index (κ1) is 17.9. The molecule has 0 radical (unpaired) electrons. The molecule has 0 heterocycles. The molecule has 5 heteroatoms. The zero-order valence-electron chi connectivity index (χ0n) is 13.1. The molecule has 1 atom stereocenters. The number of hydrogen-bond acceptors (Lipinski definition) is 3. The van der Waals surface area contributed by atoms with Crippen LogP contribution in [-0.2, 0) is 6.54 Å². The smallest absolute Gasteiger partial charge is 0.387 e. The average Bonchev–Trinajstić information content (AvgIpc) is 2.31. The van der Waals surface area contributed by atoms with E-state index in [0.29, 0.717) is 30.6 Å². The minimum atomic E-state index is -2.82. The van der Waals surface area contributed by atoms with Crippen molar-refractivity contribution in [3.8, 4) is 5.75 Å². The van der Waals surface area contributed by atoms with Crippen LogP contribution in [0.1, 0.15) is 38.3 Å². The van der Waals surface area contributed by atoms with Crippen molar-refractivity contribution in [2.24, 2.45) is 5.41 Å². The number of hydrogen-bond donors (Lipinski definition) is 2. The first-order chi connectivity index (χ1) is 9.71. The van der Waals surface area contributed by atoms with Crippen LogP contribution >= 0.6 is 0 Å². The van der Waals surface area contributed by atoms with Crippen molar-refractivity contribution < 1.29 is 18.6 Å². The Bertz CT molecular complexity index is 448. The van der Waals surface area contributed by atoms with Crippen molar-refractivity contribution in [1.82, 2.24) is 5.32 Å². The Hall–Kier alpha value is -1.20. The molecule has 0 aliphatic carbocycles. The van der Waals surface area contributed by atoms with Gasteiger partial charge in [-0.3, -0.25) is 0 Å². The number of alkyl halides is 2. The first-order valence-corrected chi connectivity index (χ1v) is 7.13. The predicted octanol–water partition coefficient (Wildman–Crippen LogP) is 3.48. The van der Waals surface area contributed by atoms with Crippen molar-refractivity contribution in [2.45, 2.75) is 53.4 Å². The van der Waals surface area contributed by atoms with Gasteiger partial charge in [-0.25, -0.2) is 0 Å². The molecule has 120 valence electrons. The highest BCUT2D eigenvalue weighted by Gasteiger charge is 2.20. The van der Waals surface area contributed by atoms with E-state index >= 15 is 0 Å². The van der Waals surface area contributed by atoms with Gasteiger partial charge in [0.25, 0.3) is 0 Å². The predicted molar refractivity (Wildman–Crippen MR) is 79.6 cm³/mol. The number of nitrogens with one attached hydrogen (secondary N) is 1. The zero-order chi connectivity index (χ0) is 16.0. The van der Waals surface area contributed by atoms with Crippen molar-refractivity contribution in [3.63, 3.8) is 0 Å². The van der Waals surface area contributed by atoms with Crippen LogP contribution in [0.25, 0.3) is 0 Å². The van der Waals surface area contributed by atoms with Crippen LogP contribution in [0.3, 0.4) is 0 Å². The number of aliphatic hydroxyl groups excluding tert-OH is 1. The van der Waals surface area contributed by atoms with Gasteiger partial charge >= 0.3 is 6.61 Å². The lowest BCUT2D eigenvalue weighted by molar-refractivity contribution is -0.0509. The second-order valence-electron chi connectivity index (χ2n) is 6.26. The highest BCUT2D eigenvalue weighted by Crippen LogP contribution is 2.26. The van der Waals surface area contributed by atoms with E-state index in [1.165, 1.54) is 0 Å². The molecule has 0 saturated heterocycles. The highest BCUT2D eigenvalue weighted by molar-refractivity contribution is 5.40. The Balaban J connectivity index is 2.65. The molecule has 3 nitrogen and oxygen atoms in total. The summed E-state index contributed by atoms with van der Waals surface area (Å²) in [4.78, 5) is 0. The van der Waals surface area contributed by atoms with Gasteiger partial charge in [0.2, 0.25) is 0 Å². The van der Waals surface area contributed by atoms with E-state index in [0.717, 1.165) is 0 Å². The van der Waals surface area contributed by atoms with Crippen molar-refractivity contribution in [1.29, 1.82) is 0 Å². The summed E-state index contributed by atoms with van der Waals surface area (Å²) in [7, 11) is 0. The van der Waals surface area contributed by atoms with Gasteiger partial charge < -0.3 is 15.2 Å². The zero-order valence-corrected chi connectivity index (χ0v) is 13.1. The Labute approximate surface area is 125 Å². The molecule has 1 aromatic carbocycles. The normalized spacial score (nSPS) is 13.5. The van der Waals surface area contributed by atoms with Gasteiger partial charge in [-0.2, -0.15) is 8.78 Å². The van der Waals surface area contributed by atoms with Gasteiger partial charge in [-0.05, 0) is 31.2 Å². The second-order valence-corrected chi connectivity index (χ2v) is 6.26. The topological polar surface area (TPSA) is 41.5 Å². The first-order valence-electron chi connectivity index (χ1n) is 7.13. The fourth-order valence-corrected chi connectivity index (χ4v) is 2.52. The van der Waals surface area contributed by atoms with Crippen molar-refractivity contribution >= 4 is 0 Å². The molecule has 2 N–H and O–H groups in total. The maximum atomic E-state index is 12.5. The maximum Gasteiger partial charge on any atom is 0.387 e.